The van der Waals surface area contributed by atoms with Crippen LogP contribution >= 0.6 is 0 Å². The highest BCUT2D eigenvalue weighted by Crippen LogP contribution is 2.29. The molecule has 3 heterocycles. The summed E-state index contributed by atoms with van der Waals surface area (Å²) in [6.07, 6.45) is 4.43. The first kappa shape index (κ1) is 16.0. The number of anilines is 1. The van der Waals surface area contributed by atoms with Crippen molar-refractivity contribution < 1.29 is 9.47 Å². The van der Waals surface area contributed by atoms with Crippen LogP contribution in [0.1, 0.15) is 24.1 Å². The Balaban J connectivity index is 1.45. The molecule has 5 heteroatoms. The Labute approximate surface area is 148 Å². The van der Waals surface area contributed by atoms with Crippen molar-refractivity contribution in [3.63, 3.8) is 0 Å². The lowest BCUT2D eigenvalue weighted by Gasteiger charge is -2.17. The molecule has 130 valence electrons. The molecule has 1 aromatic heterocycles. The number of benzene rings is 1. The van der Waals surface area contributed by atoms with E-state index in [9.17, 15) is 0 Å². The molecule has 1 saturated heterocycles. The molecule has 5 nitrogen and oxygen atoms in total. The number of rotatable bonds is 5. The van der Waals surface area contributed by atoms with Crippen LogP contribution in [-0.2, 0) is 4.74 Å². The third-order valence-corrected chi connectivity index (χ3v) is 4.63. The highest BCUT2D eigenvalue weighted by Gasteiger charge is 2.19. The smallest absolute Gasteiger partial charge is 0.213 e. The van der Waals surface area contributed by atoms with E-state index >= 15 is 0 Å². The van der Waals surface area contributed by atoms with E-state index in [-0.39, 0.29) is 0 Å². The molecule has 0 saturated carbocycles. The lowest BCUT2D eigenvalue weighted by molar-refractivity contribution is 0.267. The van der Waals surface area contributed by atoms with Crippen molar-refractivity contribution in [1.29, 1.82) is 0 Å². The zero-order valence-electron chi connectivity index (χ0n) is 14.4. The van der Waals surface area contributed by atoms with Crippen LogP contribution in [0.25, 0.3) is 5.76 Å². The van der Waals surface area contributed by atoms with Crippen LogP contribution in [0.3, 0.4) is 0 Å². The first-order valence-corrected chi connectivity index (χ1v) is 8.80. The largest absolute Gasteiger partial charge is 0.476 e. The maximum atomic E-state index is 5.84. The lowest BCUT2D eigenvalue weighted by Crippen LogP contribution is -2.28. The van der Waals surface area contributed by atoms with Gasteiger partial charge >= 0.3 is 0 Å². The van der Waals surface area contributed by atoms with Crippen molar-refractivity contribution >= 4 is 11.4 Å². The van der Waals surface area contributed by atoms with Gasteiger partial charge in [-0.3, -0.25) is 0 Å². The molecule has 0 bridgehead atoms. The van der Waals surface area contributed by atoms with E-state index in [1.165, 1.54) is 12.8 Å². The summed E-state index contributed by atoms with van der Waals surface area (Å²) in [4.78, 5) is 6.68. The molecule has 4 rings (SSSR count). The van der Waals surface area contributed by atoms with E-state index in [2.05, 4.69) is 27.3 Å². The number of nitrogens with zero attached hydrogens (tertiary/aromatic N) is 2. The van der Waals surface area contributed by atoms with Crippen LogP contribution in [0.5, 0.6) is 5.88 Å². The van der Waals surface area contributed by atoms with E-state index < -0.39 is 0 Å². The zero-order chi connectivity index (χ0) is 17.1. The number of aromatic nitrogens is 1. The van der Waals surface area contributed by atoms with E-state index in [0.717, 1.165) is 29.2 Å². The van der Waals surface area contributed by atoms with Crippen molar-refractivity contribution in [3.05, 3.63) is 59.9 Å². The molecule has 1 fully saturated rings. The summed E-state index contributed by atoms with van der Waals surface area (Å²) in [5.74, 6) is 1.56. The summed E-state index contributed by atoms with van der Waals surface area (Å²) in [7, 11) is 0. The molecule has 1 N–H and O–H groups in total. The Kier molecular flexibility index (Phi) is 4.57. The van der Waals surface area contributed by atoms with Gasteiger partial charge in [0.25, 0.3) is 0 Å². The first-order chi connectivity index (χ1) is 12.3. The number of pyridine rings is 1. The molecule has 0 radical (unpaired) electrons. The molecule has 0 aliphatic carbocycles. The van der Waals surface area contributed by atoms with Gasteiger partial charge in [-0.1, -0.05) is 30.3 Å². The lowest BCUT2D eigenvalue weighted by atomic mass is 10.2. The second kappa shape index (κ2) is 7.15. The quantitative estimate of drug-likeness (QED) is 0.907. The summed E-state index contributed by atoms with van der Waals surface area (Å²) < 4.78 is 11.7. The standard InChI is InChI=1S/C20H23N3O2/c1-15-18(9-10-20(22-15)24-13-17-8-5-11-21-17)23-12-19(25-14-23)16-6-3-2-4-7-16/h2-4,6-7,9-10,12,17,21H,5,8,11,13-14H2,1H3/t17-/m1/s1. The minimum absolute atomic E-state index is 0.449. The normalized spacial score (nSPS) is 19.6. The van der Waals surface area contributed by atoms with Gasteiger partial charge in [-0.25, -0.2) is 4.98 Å². The maximum Gasteiger partial charge on any atom is 0.213 e. The van der Waals surface area contributed by atoms with E-state index in [1.54, 1.807) is 0 Å². The minimum Gasteiger partial charge on any atom is -0.476 e. The first-order valence-electron chi connectivity index (χ1n) is 8.80. The van der Waals surface area contributed by atoms with Crippen LogP contribution in [0, 0.1) is 6.92 Å². The Morgan fingerprint density at radius 2 is 2.12 bits per heavy atom. The van der Waals surface area contributed by atoms with E-state index in [4.69, 9.17) is 9.47 Å². The number of ether oxygens (including phenoxy) is 2. The predicted octanol–water partition coefficient (Wildman–Crippen LogP) is 3.31. The predicted molar refractivity (Wildman–Crippen MR) is 98.3 cm³/mol. The molecule has 1 aromatic carbocycles. The molecular weight excluding hydrogens is 314 g/mol. The van der Waals surface area contributed by atoms with Gasteiger partial charge in [0.05, 0.1) is 17.6 Å². The third-order valence-electron chi connectivity index (χ3n) is 4.63. The summed E-state index contributed by atoms with van der Waals surface area (Å²) in [5.41, 5.74) is 3.06. The average Bonchev–Trinajstić information content (AvgIpc) is 3.33. The molecule has 2 aromatic rings. The summed E-state index contributed by atoms with van der Waals surface area (Å²) >= 11 is 0. The van der Waals surface area contributed by atoms with E-state index in [1.807, 2.05) is 43.5 Å². The Morgan fingerprint density at radius 1 is 1.24 bits per heavy atom. The molecule has 2 aliphatic heterocycles. The Hall–Kier alpha value is -2.53. The highest BCUT2D eigenvalue weighted by atomic mass is 16.5. The Bertz CT molecular complexity index is 755. The maximum absolute atomic E-state index is 5.84. The van der Waals surface area contributed by atoms with Crippen molar-refractivity contribution in [2.45, 2.75) is 25.8 Å². The molecule has 2 aliphatic rings. The molecule has 25 heavy (non-hydrogen) atoms. The van der Waals surface area contributed by atoms with Crippen molar-refractivity contribution in [3.8, 4) is 5.88 Å². The van der Waals surface area contributed by atoms with Crippen molar-refractivity contribution in [2.24, 2.45) is 0 Å². The fourth-order valence-electron chi connectivity index (χ4n) is 3.25. The monoisotopic (exact) mass is 337 g/mol. The number of hydrogen-bond acceptors (Lipinski definition) is 5. The van der Waals surface area contributed by atoms with Gasteiger partial charge in [-0.15, -0.1) is 0 Å². The second-order valence-electron chi connectivity index (χ2n) is 6.46. The van der Waals surface area contributed by atoms with Gasteiger partial charge in [-0.05, 0) is 32.4 Å². The fourth-order valence-corrected chi connectivity index (χ4v) is 3.25. The van der Waals surface area contributed by atoms with Gasteiger partial charge in [0.2, 0.25) is 5.88 Å². The topological polar surface area (TPSA) is 46.6 Å². The van der Waals surface area contributed by atoms with Crippen LogP contribution in [0.2, 0.25) is 0 Å². The summed E-state index contributed by atoms with van der Waals surface area (Å²) in [5, 5.41) is 3.43. The van der Waals surface area contributed by atoms with E-state index in [0.29, 0.717) is 25.3 Å². The van der Waals surface area contributed by atoms with Gasteiger partial charge < -0.3 is 19.7 Å². The fraction of sp³-hybridized carbons (Fsp3) is 0.350. The van der Waals surface area contributed by atoms with Crippen LogP contribution in [0.4, 0.5) is 5.69 Å². The van der Waals surface area contributed by atoms with Gasteiger partial charge in [-0.2, -0.15) is 0 Å². The zero-order valence-corrected chi connectivity index (χ0v) is 14.4. The molecular formula is C20H23N3O2. The summed E-state index contributed by atoms with van der Waals surface area (Å²) in [6.45, 7) is 4.27. The van der Waals surface area contributed by atoms with Crippen molar-refractivity contribution in [1.82, 2.24) is 10.3 Å². The van der Waals surface area contributed by atoms with Crippen molar-refractivity contribution in [2.75, 3.05) is 24.8 Å². The highest BCUT2D eigenvalue weighted by molar-refractivity contribution is 5.67. The second-order valence-corrected chi connectivity index (χ2v) is 6.46. The molecule has 1 atom stereocenters. The van der Waals surface area contributed by atoms with Crippen LogP contribution in [-0.4, -0.2) is 30.9 Å². The third kappa shape index (κ3) is 3.61. The molecule has 0 amide bonds. The van der Waals surface area contributed by atoms with Crippen LogP contribution in [0.15, 0.2) is 48.7 Å². The number of aryl methyl sites for hydroxylation is 1. The SMILES string of the molecule is Cc1nc(OC[C@H]2CCCN2)ccc1N1C=C(c2ccccc2)OC1. The van der Waals surface area contributed by atoms with Crippen LogP contribution < -0.4 is 15.0 Å². The van der Waals surface area contributed by atoms with Gasteiger partial charge in [0.1, 0.15) is 12.4 Å². The van der Waals surface area contributed by atoms with Gasteiger partial charge in [0.15, 0.2) is 6.73 Å². The van der Waals surface area contributed by atoms with Gasteiger partial charge in [0, 0.05) is 17.7 Å². The number of hydrogen-bond donors (Lipinski definition) is 1. The average molecular weight is 337 g/mol. The molecule has 0 unspecified atom stereocenters. The number of nitrogens with one attached hydrogen (secondary N) is 1. The minimum atomic E-state index is 0.449. The molecule has 0 spiro atoms. The Morgan fingerprint density at radius 3 is 2.88 bits per heavy atom. The summed E-state index contributed by atoms with van der Waals surface area (Å²) in [6, 6.07) is 14.6.